The number of nitrogens with zero attached hydrogens (tertiary/aromatic N) is 1. The van der Waals surface area contributed by atoms with Crippen molar-refractivity contribution in [1.29, 1.82) is 0 Å². The summed E-state index contributed by atoms with van der Waals surface area (Å²) in [6.45, 7) is 1.40. The molecule has 0 spiro atoms. The van der Waals surface area contributed by atoms with Crippen LogP contribution in [0.1, 0.15) is 0 Å². The van der Waals surface area contributed by atoms with E-state index in [4.69, 9.17) is 10.5 Å². The monoisotopic (exact) mass is 167 g/mol. The maximum Gasteiger partial charge on any atom is 0.146 e. The zero-order chi connectivity index (χ0) is 8.81. The predicted molar refractivity (Wildman–Crippen MR) is 49.0 cm³/mol. The zero-order valence-corrected chi connectivity index (χ0v) is 7.08. The second-order valence-corrected chi connectivity index (χ2v) is 2.36. The SMILES string of the molecule is COCCNc1cccnc1N. The molecule has 1 aromatic rings. The largest absolute Gasteiger partial charge is 0.383 e. The Morgan fingerprint density at radius 2 is 2.50 bits per heavy atom. The molecule has 0 saturated heterocycles. The minimum atomic E-state index is 0.522. The van der Waals surface area contributed by atoms with E-state index < -0.39 is 0 Å². The van der Waals surface area contributed by atoms with Crippen LogP contribution in [-0.4, -0.2) is 25.2 Å². The summed E-state index contributed by atoms with van der Waals surface area (Å²) in [7, 11) is 1.66. The van der Waals surface area contributed by atoms with Gasteiger partial charge in [-0.05, 0) is 12.1 Å². The molecule has 0 fully saturated rings. The number of methoxy groups -OCH3 is 1. The zero-order valence-electron chi connectivity index (χ0n) is 7.08. The third kappa shape index (κ3) is 2.39. The molecule has 0 amide bonds. The molecule has 1 heterocycles. The third-order valence-electron chi connectivity index (χ3n) is 1.46. The Kier molecular flexibility index (Phi) is 3.35. The summed E-state index contributed by atoms with van der Waals surface area (Å²) < 4.78 is 4.88. The Morgan fingerprint density at radius 3 is 3.17 bits per heavy atom. The van der Waals surface area contributed by atoms with Crippen molar-refractivity contribution < 1.29 is 4.74 Å². The molecular formula is C8H13N3O. The Morgan fingerprint density at radius 1 is 1.67 bits per heavy atom. The van der Waals surface area contributed by atoms with E-state index in [1.165, 1.54) is 0 Å². The number of nitrogens with two attached hydrogens (primary N) is 1. The minimum absolute atomic E-state index is 0.522. The number of rotatable bonds is 4. The predicted octanol–water partition coefficient (Wildman–Crippen LogP) is 0.722. The van der Waals surface area contributed by atoms with Crippen LogP contribution in [0.4, 0.5) is 11.5 Å². The summed E-state index contributed by atoms with van der Waals surface area (Å²) in [6.07, 6.45) is 1.66. The van der Waals surface area contributed by atoms with Gasteiger partial charge in [0.25, 0.3) is 0 Å². The second kappa shape index (κ2) is 4.56. The molecule has 0 saturated carbocycles. The van der Waals surface area contributed by atoms with Crippen LogP contribution in [0.25, 0.3) is 0 Å². The first-order valence-electron chi connectivity index (χ1n) is 3.78. The molecule has 0 aliphatic rings. The van der Waals surface area contributed by atoms with Gasteiger partial charge in [-0.1, -0.05) is 0 Å². The van der Waals surface area contributed by atoms with Crippen molar-refractivity contribution in [2.75, 3.05) is 31.3 Å². The van der Waals surface area contributed by atoms with Crippen LogP contribution in [0.3, 0.4) is 0 Å². The molecule has 0 bridgehead atoms. The van der Waals surface area contributed by atoms with Crippen molar-refractivity contribution in [2.45, 2.75) is 0 Å². The van der Waals surface area contributed by atoms with E-state index in [1.54, 1.807) is 13.3 Å². The first kappa shape index (κ1) is 8.80. The van der Waals surface area contributed by atoms with Gasteiger partial charge in [0.1, 0.15) is 5.82 Å². The van der Waals surface area contributed by atoms with Gasteiger partial charge in [-0.2, -0.15) is 0 Å². The van der Waals surface area contributed by atoms with Crippen molar-refractivity contribution in [3.8, 4) is 0 Å². The fourth-order valence-electron chi connectivity index (χ4n) is 0.855. The molecule has 0 aliphatic heterocycles. The summed E-state index contributed by atoms with van der Waals surface area (Å²) in [5, 5.41) is 3.10. The van der Waals surface area contributed by atoms with Gasteiger partial charge < -0.3 is 15.8 Å². The average molecular weight is 167 g/mol. The van der Waals surface area contributed by atoms with Crippen molar-refractivity contribution in [1.82, 2.24) is 4.98 Å². The lowest BCUT2D eigenvalue weighted by Gasteiger charge is -2.06. The maximum absolute atomic E-state index is 5.59. The first-order valence-corrected chi connectivity index (χ1v) is 3.78. The third-order valence-corrected chi connectivity index (χ3v) is 1.46. The standard InChI is InChI=1S/C8H13N3O/c1-12-6-5-10-7-3-2-4-11-8(7)9/h2-4,10H,5-6H2,1H3,(H2,9,11). The lowest BCUT2D eigenvalue weighted by atomic mass is 10.4. The van der Waals surface area contributed by atoms with Crippen molar-refractivity contribution >= 4 is 11.5 Å². The van der Waals surface area contributed by atoms with Crippen LogP contribution in [-0.2, 0) is 4.74 Å². The molecule has 1 aromatic heterocycles. The fourth-order valence-corrected chi connectivity index (χ4v) is 0.855. The van der Waals surface area contributed by atoms with Gasteiger partial charge in [0.15, 0.2) is 0 Å². The topological polar surface area (TPSA) is 60.2 Å². The van der Waals surface area contributed by atoms with E-state index in [0.717, 1.165) is 12.2 Å². The van der Waals surface area contributed by atoms with E-state index >= 15 is 0 Å². The second-order valence-electron chi connectivity index (χ2n) is 2.36. The van der Waals surface area contributed by atoms with Crippen LogP contribution in [0.2, 0.25) is 0 Å². The summed E-state index contributed by atoms with van der Waals surface area (Å²) in [6, 6.07) is 3.73. The van der Waals surface area contributed by atoms with E-state index in [0.29, 0.717) is 12.4 Å². The van der Waals surface area contributed by atoms with Crippen molar-refractivity contribution in [2.24, 2.45) is 0 Å². The van der Waals surface area contributed by atoms with Crippen molar-refractivity contribution in [3.63, 3.8) is 0 Å². The molecule has 3 N–H and O–H groups in total. The highest BCUT2D eigenvalue weighted by Gasteiger charge is 1.95. The normalized spacial score (nSPS) is 9.75. The van der Waals surface area contributed by atoms with E-state index in [1.807, 2.05) is 12.1 Å². The number of hydrogen-bond donors (Lipinski definition) is 2. The van der Waals surface area contributed by atoms with Gasteiger partial charge in [-0.25, -0.2) is 4.98 Å². The average Bonchev–Trinajstić information content (AvgIpc) is 2.09. The fraction of sp³-hybridized carbons (Fsp3) is 0.375. The number of nitrogens with one attached hydrogen (secondary N) is 1. The first-order chi connectivity index (χ1) is 5.84. The van der Waals surface area contributed by atoms with Crippen LogP contribution in [0.15, 0.2) is 18.3 Å². The molecule has 4 heteroatoms. The Hall–Kier alpha value is -1.29. The summed E-state index contributed by atoms with van der Waals surface area (Å²) in [5.41, 5.74) is 6.44. The number of nitrogen functional groups attached to an aromatic ring is 1. The highest BCUT2D eigenvalue weighted by molar-refractivity contribution is 5.60. The molecule has 0 unspecified atom stereocenters. The molecule has 12 heavy (non-hydrogen) atoms. The molecule has 0 atom stereocenters. The van der Waals surface area contributed by atoms with Gasteiger partial charge in [0, 0.05) is 19.9 Å². The Bertz CT molecular complexity index is 239. The smallest absolute Gasteiger partial charge is 0.146 e. The van der Waals surface area contributed by atoms with Crippen LogP contribution in [0, 0.1) is 0 Å². The molecule has 0 radical (unpaired) electrons. The number of anilines is 2. The van der Waals surface area contributed by atoms with Gasteiger partial charge in [0.2, 0.25) is 0 Å². The molecule has 0 aliphatic carbocycles. The van der Waals surface area contributed by atoms with E-state index in [2.05, 4.69) is 10.3 Å². The molecule has 1 rings (SSSR count). The molecule has 66 valence electrons. The minimum Gasteiger partial charge on any atom is -0.383 e. The summed E-state index contributed by atoms with van der Waals surface area (Å²) in [4.78, 5) is 3.93. The van der Waals surface area contributed by atoms with Crippen LogP contribution < -0.4 is 11.1 Å². The summed E-state index contributed by atoms with van der Waals surface area (Å²) >= 11 is 0. The van der Waals surface area contributed by atoms with Gasteiger partial charge in [-0.3, -0.25) is 0 Å². The quantitative estimate of drug-likeness (QED) is 0.649. The van der Waals surface area contributed by atoms with E-state index in [-0.39, 0.29) is 0 Å². The van der Waals surface area contributed by atoms with Crippen LogP contribution >= 0.6 is 0 Å². The molecule has 0 aromatic carbocycles. The number of hydrogen-bond acceptors (Lipinski definition) is 4. The Labute approximate surface area is 71.7 Å². The highest BCUT2D eigenvalue weighted by Crippen LogP contribution is 2.12. The van der Waals surface area contributed by atoms with Gasteiger partial charge >= 0.3 is 0 Å². The van der Waals surface area contributed by atoms with Gasteiger partial charge in [0.05, 0.1) is 12.3 Å². The highest BCUT2D eigenvalue weighted by atomic mass is 16.5. The number of pyridine rings is 1. The molecule has 4 nitrogen and oxygen atoms in total. The Balaban J connectivity index is 2.46. The summed E-state index contributed by atoms with van der Waals surface area (Å²) in [5.74, 6) is 0.522. The molecular weight excluding hydrogens is 154 g/mol. The van der Waals surface area contributed by atoms with E-state index in [9.17, 15) is 0 Å². The lowest BCUT2D eigenvalue weighted by molar-refractivity contribution is 0.211. The van der Waals surface area contributed by atoms with Crippen molar-refractivity contribution in [3.05, 3.63) is 18.3 Å². The van der Waals surface area contributed by atoms with Gasteiger partial charge in [-0.15, -0.1) is 0 Å². The number of aromatic nitrogens is 1. The lowest BCUT2D eigenvalue weighted by Crippen LogP contribution is -2.09. The maximum atomic E-state index is 5.59. The number of ether oxygens (including phenoxy) is 1. The van der Waals surface area contributed by atoms with Crippen LogP contribution in [0.5, 0.6) is 0 Å².